The molecule has 6 nitrogen and oxygen atoms in total. The Morgan fingerprint density at radius 1 is 1.56 bits per heavy atom. The highest BCUT2D eigenvalue weighted by molar-refractivity contribution is 7.09. The summed E-state index contributed by atoms with van der Waals surface area (Å²) >= 11 is 1.23. The quantitative estimate of drug-likeness (QED) is 0.645. The maximum absolute atomic E-state index is 11.6. The van der Waals surface area contributed by atoms with Gasteiger partial charge in [-0.05, 0) is 26.3 Å². The van der Waals surface area contributed by atoms with E-state index < -0.39 is 5.97 Å². The lowest BCUT2D eigenvalue weighted by Gasteiger charge is -2.10. The van der Waals surface area contributed by atoms with E-state index in [1.54, 1.807) is 6.92 Å². The number of aromatic nitrogens is 1. The molecule has 0 spiro atoms. The minimum atomic E-state index is -1.06. The fourth-order valence-corrected chi connectivity index (χ4v) is 2.19. The maximum Gasteiger partial charge on any atom is 0.355 e. The molecule has 0 aromatic carbocycles. The van der Waals surface area contributed by atoms with Crippen molar-refractivity contribution in [3.63, 3.8) is 0 Å². The molecule has 18 heavy (non-hydrogen) atoms. The van der Waals surface area contributed by atoms with Crippen LogP contribution in [0.5, 0.6) is 0 Å². The average molecular weight is 271 g/mol. The normalized spacial score (nSPS) is 12.1. The molecule has 1 atom stereocenters. The summed E-state index contributed by atoms with van der Waals surface area (Å²) in [4.78, 5) is 26.2. The molecule has 0 radical (unpaired) electrons. The molecule has 1 aromatic heterocycles. The summed E-state index contributed by atoms with van der Waals surface area (Å²) in [5.41, 5.74) is 5.36. The van der Waals surface area contributed by atoms with Gasteiger partial charge in [0.1, 0.15) is 5.01 Å². The fourth-order valence-electron chi connectivity index (χ4n) is 1.39. The predicted octanol–water partition coefficient (Wildman–Crippen LogP) is 1.15. The molecule has 0 fully saturated rings. The van der Waals surface area contributed by atoms with E-state index in [9.17, 15) is 9.59 Å². The van der Waals surface area contributed by atoms with Crippen molar-refractivity contribution >= 4 is 23.2 Å². The smallest absolute Gasteiger partial charge is 0.355 e. The number of amides is 1. The van der Waals surface area contributed by atoms with E-state index in [4.69, 9.17) is 10.8 Å². The number of nitrogens with two attached hydrogens (primary N) is 1. The minimum absolute atomic E-state index is 0.0132. The Bertz CT molecular complexity index is 419. The lowest BCUT2D eigenvalue weighted by atomic mass is 10.2. The molecular weight excluding hydrogens is 254 g/mol. The number of carbonyl (C=O) groups excluding carboxylic acids is 1. The molecule has 0 aliphatic heterocycles. The third-order valence-electron chi connectivity index (χ3n) is 2.35. The van der Waals surface area contributed by atoms with Gasteiger partial charge in [-0.25, -0.2) is 9.78 Å². The molecule has 0 aliphatic rings. The first-order chi connectivity index (χ1) is 8.54. The molecule has 4 N–H and O–H groups in total. The van der Waals surface area contributed by atoms with Gasteiger partial charge in [-0.3, -0.25) is 4.79 Å². The Kier molecular flexibility index (Phi) is 5.73. The molecule has 1 heterocycles. The van der Waals surface area contributed by atoms with Crippen LogP contribution in [0.4, 0.5) is 0 Å². The minimum Gasteiger partial charge on any atom is -0.476 e. The Balaban J connectivity index is 2.46. The predicted molar refractivity (Wildman–Crippen MR) is 68.5 cm³/mol. The number of aromatic carboxylic acids is 1. The molecule has 1 unspecified atom stereocenters. The highest BCUT2D eigenvalue weighted by Gasteiger charge is 2.15. The van der Waals surface area contributed by atoms with E-state index >= 15 is 0 Å². The zero-order valence-electron chi connectivity index (χ0n) is 10.2. The molecular formula is C11H17N3O3S. The Morgan fingerprint density at radius 3 is 2.83 bits per heavy atom. The van der Waals surface area contributed by atoms with E-state index in [1.165, 1.54) is 16.7 Å². The maximum atomic E-state index is 11.6. The Labute approximate surface area is 109 Å². The van der Waals surface area contributed by atoms with Crippen LogP contribution < -0.4 is 11.1 Å². The van der Waals surface area contributed by atoms with Crippen LogP contribution in [0.1, 0.15) is 47.7 Å². The van der Waals surface area contributed by atoms with Crippen molar-refractivity contribution in [2.24, 2.45) is 5.73 Å². The largest absolute Gasteiger partial charge is 0.476 e. The molecule has 0 aliphatic carbocycles. The third kappa shape index (κ3) is 4.42. The van der Waals surface area contributed by atoms with Crippen molar-refractivity contribution in [1.29, 1.82) is 0 Å². The van der Waals surface area contributed by atoms with Gasteiger partial charge in [0.25, 0.3) is 0 Å². The molecule has 1 rings (SSSR count). The second-order valence-electron chi connectivity index (χ2n) is 3.91. The number of hydrogen-bond donors (Lipinski definition) is 3. The lowest BCUT2D eigenvalue weighted by molar-refractivity contribution is -0.121. The third-order valence-corrected chi connectivity index (χ3v) is 3.37. The summed E-state index contributed by atoms with van der Waals surface area (Å²) in [5, 5.41) is 13.6. The number of nitrogens with one attached hydrogen (secondary N) is 1. The second-order valence-corrected chi connectivity index (χ2v) is 4.80. The van der Waals surface area contributed by atoms with E-state index in [0.717, 1.165) is 12.8 Å². The molecule has 100 valence electrons. The Morgan fingerprint density at radius 2 is 2.28 bits per heavy atom. The summed E-state index contributed by atoms with van der Waals surface area (Å²) in [6, 6.07) is -0.270. The molecule has 0 saturated heterocycles. The van der Waals surface area contributed by atoms with Crippen LogP contribution in [-0.2, 0) is 4.79 Å². The van der Waals surface area contributed by atoms with Gasteiger partial charge in [-0.1, -0.05) is 0 Å². The number of unbranched alkanes of at least 4 members (excludes halogenated alkanes) is 1. The molecule has 1 amide bonds. The van der Waals surface area contributed by atoms with Crippen LogP contribution >= 0.6 is 11.3 Å². The number of carboxylic acids is 1. The lowest BCUT2D eigenvalue weighted by Crippen LogP contribution is -2.26. The standard InChI is InChI=1S/C11H17N3O3S/c1-7(13-9(15)4-2-3-5-12)10-14-8(6-18-10)11(16)17/h6-7H,2-5,12H2,1H3,(H,13,15)(H,16,17). The Hall–Kier alpha value is -1.47. The molecule has 0 saturated carbocycles. The van der Waals surface area contributed by atoms with Gasteiger partial charge in [0.2, 0.25) is 5.91 Å². The number of rotatable bonds is 7. The average Bonchev–Trinajstić information content (AvgIpc) is 2.78. The van der Waals surface area contributed by atoms with Gasteiger partial charge >= 0.3 is 5.97 Å². The van der Waals surface area contributed by atoms with Crippen LogP contribution in [0.15, 0.2) is 5.38 Å². The number of carboxylic acid groups (broad SMARTS) is 1. The van der Waals surface area contributed by atoms with Gasteiger partial charge in [0.05, 0.1) is 6.04 Å². The monoisotopic (exact) mass is 271 g/mol. The van der Waals surface area contributed by atoms with Crippen molar-refractivity contribution in [3.05, 3.63) is 16.1 Å². The van der Waals surface area contributed by atoms with Gasteiger partial charge < -0.3 is 16.2 Å². The van der Waals surface area contributed by atoms with Crippen molar-refractivity contribution in [3.8, 4) is 0 Å². The first-order valence-corrected chi connectivity index (χ1v) is 6.60. The zero-order chi connectivity index (χ0) is 13.5. The molecule has 7 heteroatoms. The van der Waals surface area contributed by atoms with Gasteiger partial charge in [-0.2, -0.15) is 0 Å². The van der Waals surface area contributed by atoms with Gasteiger partial charge in [-0.15, -0.1) is 11.3 Å². The zero-order valence-corrected chi connectivity index (χ0v) is 11.0. The highest BCUT2D eigenvalue weighted by Crippen LogP contribution is 2.18. The number of nitrogens with zero attached hydrogens (tertiary/aromatic N) is 1. The first kappa shape index (κ1) is 14.6. The van der Waals surface area contributed by atoms with Crippen LogP contribution in [0.3, 0.4) is 0 Å². The number of hydrogen-bond acceptors (Lipinski definition) is 5. The summed E-state index contributed by atoms with van der Waals surface area (Å²) in [7, 11) is 0. The van der Waals surface area contributed by atoms with Crippen LogP contribution in [0.2, 0.25) is 0 Å². The SMILES string of the molecule is CC(NC(=O)CCCCN)c1nc(C(=O)O)cs1. The van der Waals surface area contributed by atoms with E-state index in [2.05, 4.69) is 10.3 Å². The molecule has 0 bridgehead atoms. The second kappa shape index (κ2) is 7.07. The summed E-state index contributed by atoms with van der Waals surface area (Å²) < 4.78 is 0. The fraction of sp³-hybridized carbons (Fsp3) is 0.545. The molecule has 1 aromatic rings. The van der Waals surface area contributed by atoms with Crippen LogP contribution in [-0.4, -0.2) is 28.5 Å². The number of thiazole rings is 1. The van der Waals surface area contributed by atoms with Crippen molar-refractivity contribution in [2.45, 2.75) is 32.2 Å². The van der Waals surface area contributed by atoms with Crippen LogP contribution in [0.25, 0.3) is 0 Å². The van der Waals surface area contributed by atoms with E-state index in [1.807, 2.05) is 0 Å². The topological polar surface area (TPSA) is 105 Å². The first-order valence-electron chi connectivity index (χ1n) is 5.72. The van der Waals surface area contributed by atoms with E-state index in [0.29, 0.717) is 18.0 Å². The van der Waals surface area contributed by atoms with Crippen molar-refractivity contribution in [2.75, 3.05) is 6.54 Å². The van der Waals surface area contributed by atoms with Gasteiger partial charge in [0.15, 0.2) is 5.69 Å². The summed E-state index contributed by atoms with van der Waals surface area (Å²) in [5.74, 6) is -1.12. The van der Waals surface area contributed by atoms with E-state index in [-0.39, 0.29) is 17.6 Å². The van der Waals surface area contributed by atoms with Crippen molar-refractivity contribution in [1.82, 2.24) is 10.3 Å². The number of carbonyl (C=O) groups is 2. The van der Waals surface area contributed by atoms with Crippen molar-refractivity contribution < 1.29 is 14.7 Å². The highest BCUT2D eigenvalue weighted by atomic mass is 32.1. The van der Waals surface area contributed by atoms with Crippen LogP contribution in [0, 0.1) is 0 Å². The van der Waals surface area contributed by atoms with Gasteiger partial charge in [0, 0.05) is 11.8 Å². The summed E-state index contributed by atoms with van der Waals surface area (Å²) in [6.45, 7) is 2.36. The summed E-state index contributed by atoms with van der Waals surface area (Å²) in [6.07, 6.45) is 2.01.